The maximum atomic E-state index is 12.7. The Kier molecular flexibility index (Phi) is 9.12. The number of ether oxygens (including phenoxy) is 1. The lowest BCUT2D eigenvalue weighted by Crippen LogP contribution is -2.54. The van der Waals surface area contributed by atoms with Crippen LogP contribution >= 0.6 is 0 Å². The Morgan fingerprint density at radius 1 is 1.03 bits per heavy atom. The first-order valence-electron chi connectivity index (χ1n) is 11.5. The van der Waals surface area contributed by atoms with Crippen molar-refractivity contribution in [3.8, 4) is 0 Å². The van der Waals surface area contributed by atoms with Crippen molar-refractivity contribution in [2.24, 2.45) is 0 Å². The zero-order valence-electron chi connectivity index (χ0n) is 18.9. The van der Waals surface area contributed by atoms with Crippen molar-refractivity contribution in [3.05, 3.63) is 24.3 Å². The van der Waals surface area contributed by atoms with E-state index < -0.39 is 0 Å². The normalized spacial score (nSPS) is 19.1. The van der Waals surface area contributed by atoms with Crippen molar-refractivity contribution < 1.29 is 14.3 Å². The first-order chi connectivity index (χ1) is 15.1. The number of nitrogens with one attached hydrogen (secondary N) is 2. The molecule has 0 aliphatic carbocycles. The molecule has 2 fully saturated rings. The predicted molar refractivity (Wildman–Crippen MR) is 123 cm³/mol. The molecule has 2 amide bonds. The second kappa shape index (κ2) is 12.0. The van der Waals surface area contributed by atoms with Gasteiger partial charge in [-0.2, -0.15) is 0 Å². The van der Waals surface area contributed by atoms with Gasteiger partial charge in [0.05, 0.1) is 25.8 Å². The van der Waals surface area contributed by atoms with E-state index in [9.17, 15) is 9.59 Å². The Morgan fingerprint density at radius 3 is 2.35 bits per heavy atom. The van der Waals surface area contributed by atoms with Crippen LogP contribution in [0.1, 0.15) is 26.7 Å². The Labute approximate surface area is 185 Å². The quantitative estimate of drug-likeness (QED) is 0.576. The van der Waals surface area contributed by atoms with Gasteiger partial charge in [-0.15, -0.1) is 0 Å². The van der Waals surface area contributed by atoms with Gasteiger partial charge in [-0.05, 0) is 37.6 Å². The van der Waals surface area contributed by atoms with Crippen molar-refractivity contribution in [1.82, 2.24) is 15.1 Å². The molecular formula is C23H37N5O3. The van der Waals surface area contributed by atoms with Crippen LogP contribution in [-0.4, -0.2) is 93.2 Å². The number of hydrogen-bond acceptors (Lipinski definition) is 6. The molecule has 8 nitrogen and oxygen atoms in total. The number of nitrogens with zero attached hydrogens (tertiary/aromatic N) is 3. The smallest absolute Gasteiger partial charge is 0.241 e. The molecule has 0 unspecified atom stereocenters. The van der Waals surface area contributed by atoms with Crippen LogP contribution in [0, 0.1) is 0 Å². The van der Waals surface area contributed by atoms with Gasteiger partial charge in [0.25, 0.3) is 0 Å². The van der Waals surface area contributed by atoms with Crippen molar-refractivity contribution in [1.29, 1.82) is 0 Å². The van der Waals surface area contributed by atoms with Crippen LogP contribution in [0.2, 0.25) is 0 Å². The number of piperazine rings is 1. The number of amides is 2. The van der Waals surface area contributed by atoms with Gasteiger partial charge in [-0.25, -0.2) is 0 Å². The molecule has 1 atom stereocenters. The van der Waals surface area contributed by atoms with E-state index >= 15 is 0 Å². The molecule has 0 spiro atoms. The first kappa shape index (κ1) is 23.5. The molecule has 0 saturated carbocycles. The van der Waals surface area contributed by atoms with Crippen LogP contribution in [-0.2, 0) is 14.3 Å². The molecule has 2 saturated heterocycles. The summed E-state index contributed by atoms with van der Waals surface area (Å²) in [6.07, 6.45) is 2.10. The Bertz CT molecular complexity index is 698. The highest BCUT2D eigenvalue weighted by Crippen LogP contribution is 2.19. The molecule has 0 aromatic heterocycles. The van der Waals surface area contributed by atoms with Crippen LogP contribution in [0.15, 0.2) is 24.3 Å². The van der Waals surface area contributed by atoms with Crippen molar-refractivity contribution in [2.45, 2.75) is 32.7 Å². The van der Waals surface area contributed by atoms with Crippen molar-refractivity contribution >= 4 is 23.2 Å². The molecule has 1 aromatic rings. The number of benzene rings is 1. The Balaban J connectivity index is 1.40. The minimum atomic E-state index is -0.209. The molecule has 8 heteroatoms. The summed E-state index contributed by atoms with van der Waals surface area (Å²) >= 11 is 0. The van der Waals surface area contributed by atoms with E-state index in [0.717, 1.165) is 83.2 Å². The third kappa shape index (κ3) is 7.19. The minimum absolute atomic E-state index is 0.00452. The van der Waals surface area contributed by atoms with E-state index in [2.05, 4.69) is 44.4 Å². The van der Waals surface area contributed by atoms with Gasteiger partial charge in [0.2, 0.25) is 11.8 Å². The lowest BCUT2D eigenvalue weighted by Gasteiger charge is -2.37. The van der Waals surface area contributed by atoms with E-state index in [0.29, 0.717) is 6.54 Å². The van der Waals surface area contributed by atoms with Gasteiger partial charge in [0, 0.05) is 57.2 Å². The minimum Gasteiger partial charge on any atom is -0.378 e. The topological polar surface area (TPSA) is 77.2 Å². The lowest BCUT2D eigenvalue weighted by atomic mass is 10.2. The van der Waals surface area contributed by atoms with E-state index in [1.54, 1.807) is 0 Å². The van der Waals surface area contributed by atoms with E-state index in [-0.39, 0.29) is 17.9 Å². The van der Waals surface area contributed by atoms with Crippen LogP contribution < -0.4 is 15.5 Å². The maximum Gasteiger partial charge on any atom is 0.241 e. The zero-order chi connectivity index (χ0) is 22.1. The highest BCUT2D eigenvalue weighted by Gasteiger charge is 2.26. The molecule has 1 aromatic carbocycles. The maximum absolute atomic E-state index is 12.7. The molecule has 0 radical (unpaired) electrons. The van der Waals surface area contributed by atoms with E-state index in [1.807, 2.05) is 19.1 Å². The summed E-state index contributed by atoms with van der Waals surface area (Å²) in [6.45, 7) is 11.7. The standard InChI is InChI=1S/C23H37N5O3/c1-3-4-9-24-22(29)18-26-10-12-27(13-11-26)19(2)23(30)25-20-5-7-21(8-6-20)28-14-16-31-17-15-28/h5-8,19H,3-4,9-18H2,1-2H3,(H,24,29)(H,25,30)/t19-/m1/s1. The molecule has 3 rings (SSSR count). The molecule has 2 heterocycles. The van der Waals surface area contributed by atoms with Gasteiger partial charge in [-0.3, -0.25) is 19.4 Å². The lowest BCUT2D eigenvalue weighted by molar-refractivity contribution is -0.124. The van der Waals surface area contributed by atoms with Crippen LogP contribution in [0.25, 0.3) is 0 Å². The molecule has 2 aliphatic rings. The number of anilines is 2. The fraction of sp³-hybridized carbons (Fsp3) is 0.652. The summed E-state index contributed by atoms with van der Waals surface area (Å²) in [5.74, 6) is 0.0955. The van der Waals surface area contributed by atoms with E-state index in [4.69, 9.17) is 4.74 Å². The molecule has 172 valence electrons. The van der Waals surface area contributed by atoms with Gasteiger partial charge >= 0.3 is 0 Å². The van der Waals surface area contributed by atoms with Gasteiger partial charge < -0.3 is 20.3 Å². The molecule has 2 N–H and O–H groups in total. The highest BCUT2D eigenvalue weighted by atomic mass is 16.5. The third-order valence-electron chi connectivity index (χ3n) is 6.06. The van der Waals surface area contributed by atoms with Crippen LogP contribution in [0.3, 0.4) is 0 Å². The average Bonchev–Trinajstić information content (AvgIpc) is 2.80. The van der Waals surface area contributed by atoms with Crippen molar-refractivity contribution in [2.75, 3.05) is 75.8 Å². The average molecular weight is 432 g/mol. The summed E-state index contributed by atoms with van der Waals surface area (Å²) in [5.41, 5.74) is 1.97. The summed E-state index contributed by atoms with van der Waals surface area (Å²) in [7, 11) is 0. The Hall–Kier alpha value is -2.16. The Morgan fingerprint density at radius 2 is 1.71 bits per heavy atom. The second-order valence-electron chi connectivity index (χ2n) is 8.33. The predicted octanol–water partition coefficient (Wildman–Crippen LogP) is 1.38. The second-order valence-corrected chi connectivity index (χ2v) is 8.33. The largest absolute Gasteiger partial charge is 0.378 e. The number of carbonyl (C=O) groups is 2. The van der Waals surface area contributed by atoms with Crippen LogP contribution in [0.5, 0.6) is 0 Å². The summed E-state index contributed by atoms with van der Waals surface area (Å²) < 4.78 is 5.40. The fourth-order valence-corrected chi connectivity index (χ4v) is 3.96. The summed E-state index contributed by atoms with van der Waals surface area (Å²) in [5, 5.41) is 6.01. The number of rotatable bonds is 9. The SMILES string of the molecule is CCCCNC(=O)CN1CCN([C@H](C)C(=O)Nc2ccc(N3CCOCC3)cc2)CC1. The highest BCUT2D eigenvalue weighted by molar-refractivity contribution is 5.94. The number of carbonyl (C=O) groups excluding carboxylic acids is 2. The van der Waals surface area contributed by atoms with Crippen molar-refractivity contribution in [3.63, 3.8) is 0 Å². The number of unbranched alkanes of at least 4 members (excludes halogenated alkanes) is 1. The molecule has 31 heavy (non-hydrogen) atoms. The number of hydrogen-bond donors (Lipinski definition) is 2. The third-order valence-corrected chi connectivity index (χ3v) is 6.06. The monoisotopic (exact) mass is 431 g/mol. The number of morpholine rings is 1. The van der Waals surface area contributed by atoms with Gasteiger partial charge in [0.15, 0.2) is 0 Å². The molecular weight excluding hydrogens is 394 g/mol. The first-order valence-corrected chi connectivity index (χ1v) is 11.5. The summed E-state index contributed by atoms with van der Waals surface area (Å²) in [6, 6.07) is 7.82. The molecule has 0 bridgehead atoms. The van der Waals surface area contributed by atoms with Gasteiger partial charge in [-0.1, -0.05) is 13.3 Å². The molecule has 2 aliphatic heterocycles. The van der Waals surface area contributed by atoms with Gasteiger partial charge in [0.1, 0.15) is 0 Å². The fourth-order valence-electron chi connectivity index (χ4n) is 3.96. The zero-order valence-corrected chi connectivity index (χ0v) is 18.9. The summed E-state index contributed by atoms with van der Waals surface area (Å²) in [4.78, 5) is 31.4. The van der Waals surface area contributed by atoms with E-state index in [1.165, 1.54) is 0 Å². The van der Waals surface area contributed by atoms with Crippen LogP contribution in [0.4, 0.5) is 11.4 Å².